The second kappa shape index (κ2) is 44.1. The number of fused-ring (bicyclic) bond motifs is 13. The number of rotatable bonds is 14. The largest absolute Gasteiger partial charge is 1.00 e. The van der Waals surface area contributed by atoms with Gasteiger partial charge in [0.15, 0.2) is 17.3 Å². The van der Waals surface area contributed by atoms with Gasteiger partial charge in [-0.15, -0.1) is 0 Å². The zero-order valence-corrected chi connectivity index (χ0v) is 90.7. The molecule has 7 atom stereocenters. The number of hydrogen-bond donors (Lipinski definition) is 1. The van der Waals surface area contributed by atoms with E-state index in [2.05, 4.69) is 273 Å². The van der Waals surface area contributed by atoms with E-state index in [0.717, 1.165) is 107 Å². The summed E-state index contributed by atoms with van der Waals surface area (Å²) >= 11 is 30.2. The molecule has 711 valence electrons. The Morgan fingerprint density at radius 3 is 1.10 bits per heavy atom. The maximum Gasteiger partial charge on any atom is 1.00 e. The standard InChI is InChI=1S/C33H31NO2S3.C33H30NOS3.C19H19NS2.C17H15NS2.C16H16O2S.CH4.B.Li.H2/c1-33(2)24-18-25(33)28(35)31(38-19-12-6-5-7-13-19)27(24)29(36)26-20-14-8-10-16-22(20)30(39-32(37)34(3)4)23-17-11-9-15-21(23)26;1-32(2)27-19-28(32)29(35)30(36-20-12-6-5-7-13-20)24(27)18-23-21-14-8-10-16-25(21)33(37-31(38-33)34(3)4)26-17-11-9-15-22(23)26;1-4-13-14-9-5-7-11-16(14)18(22-19(21)20(2)3)17-12-8-6-10-15(13)17;1-18(2)17(19)20-16-14-9-5-3-7-12(14)11-13-8-4-6-10-15(13)16;1-16(2)12-8-13(16)14(18)15(11(12)9-17)19-10-6-4-3-5-7-10;;;;/h5-17,24-25,29,36H,18H2,1-4H3;5-18,27-28H,19H2,1-4H3;5-12H,4H2,1-3H3;3-11H,1-2H3;3-7,9,12-13H,8H2,1-2H3;1H4;;;1H/q;+1;;;;;;+1;/t24-,25+,29?;27-,28+;;;12-,13+;;;;/m00..0..../s1/i;;;;;;;;1+1. The number of carbonyl (C=O) groups excluding carboxylic acids is 4. The van der Waals surface area contributed by atoms with Crippen molar-refractivity contribution in [3.05, 3.63) is 362 Å². The summed E-state index contributed by atoms with van der Waals surface area (Å²) in [5.41, 5.74) is 11.4. The maximum atomic E-state index is 13.9. The topological polar surface area (TPSA) is 101 Å². The summed E-state index contributed by atoms with van der Waals surface area (Å²) in [5, 5.41) is 26.9. The van der Waals surface area contributed by atoms with Crippen LogP contribution in [0, 0.1) is 51.8 Å². The third kappa shape index (κ3) is 20.2. The molecule has 22 heteroatoms. The van der Waals surface area contributed by atoms with Crippen LogP contribution in [0.3, 0.4) is 0 Å². The van der Waals surface area contributed by atoms with Crippen LogP contribution in [-0.4, -0.2) is 130 Å². The number of aryl methyl sites for hydroxylation is 1. The molecule has 9 nitrogen and oxygen atoms in total. The number of Topliss-reactive ketones (excluding diaryl/α,β-unsaturated/α-hetero) is 3. The van der Waals surface area contributed by atoms with Crippen molar-refractivity contribution in [3.63, 3.8) is 0 Å². The normalized spacial score (nSPS) is 19.9. The van der Waals surface area contributed by atoms with Crippen molar-refractivity contribution in [2.24, 2.45) is 51.8 Å². The zero-order chi connectivity index (χ0) is 97.1. The van der Waals surface area contributed by atoms with E-state index in [9.17, 15) is 24.3 Å². The Kier molecular flexibility index (Phi) is 33.3. The molecule has 141 heavy (non-hydrogen) atoms. The fraction of sp³-hybridized carbons (Fsp3) is 0.261. The molecular formula is C119H117BLiN4O5S11+2. The SMILES string of the molecule is C.CC1(C)[C@@H]2C[C@H]1C(C=O)=C(Sc1ccccc1)C2=O.CCc1c2ccccc2c(SC(=S)N(C)C)c2ccccc12.CN(C)C(=S)Sc1c2ccccc2c(C(O)C2=C(Sc3ccccc3)C(=O)[C@H]3C[C@@H]2C3(C)C)c2ccccc12.CN(C)C(=S)Sc1c2ccccc2cc2ccccc12.C[N+](C)=C1SC2(S1)c1ccccc1C(=CC1=C(Sc3ccccc3)C(=O)[C@H]3C[C@@H]1C3(C)C)c1ccccc12.[2HH].[B].[Li+]. The first kappa shape index (κ1) is 106. The summed E-state index contributed by atoms with van der Waals surface area (Å²) < 4.78 is 5.97. The average Bonchev–Trinajstić information content (AvgIpc) is 0.695. The zero-order valence-electron chi connectivity index (χ0n) is 81.7. The third-order valence-corrected chi connectivity index (χ3v) is 41.2. The van der Waals surface area contributed by atoms with Crippen molar-refractivity contribution in [1.29, 1.82) is 0 Å². The van der Waals surface area contributed by atoms with E-state index >= 15 is 0 Å². The molecule has 25 rings (SSSR count). The molecule has 1 unspecified atom stereocenters. The van der Waals surface area contributed by atoms with Gasteiger partial charge in [0.2, 0.25) is 0 Å². The van der Waals surface area contributed by atoms with E-state index in [1.54, 1.807) is 47.0 Å². The van der Waals surface area contributed by atoms with Gasteiger partial charge in [-0.2, -0.15) is 0 Å². The molecule has 1 heterocycles. The van der Waals surface area contributed by atoms with E-state index < -0.39 is 6.10 Å². The molecule has 3 saturated carbocycles. The number of hydrogen-bond acceptors (Lipinski definition) is 16. The van der Waals surface area contributed by atoms with Gasteiger partial charge < -0.3 is 19.8 Å². The van der Waals surface area contributed by atoms with Gasteiger partial charge in [0, 0.05) is 110 Å². The molecule has 1 spiro atoms. The first-order valence-electron chi connectivity index (χ1n) is 46.8. The van der Waals surface area contributed by atoms with Crippen molar-refractivity contribution < 1.29 is 49.1 Å². The number of nitrogens with zero attached hydrogens (tertiary/aromatic N) is 4. The van der Waals surface area contributed by atoms with Crippen LogP contribution in [0.15, 0.2) is 358 Å². The smallest absolute Gasteiger partial charge is 0.384 e. The van der Waals surface area contributed by atoms with Crippen LogP contribution < -0.4 is 18.9 Å². The van der Waals surface area contributed by atoms with Crippen LogP contribution in [0.1, 0.15) is 116 Å². The minimum atomic E-state index is -0.902. The van der Waals surface area contributed by atoms with Gasteiger partial charge in [-0.1, -0.05) is 412 Å². The van der Waals surface area contributed by atoms with Crippen LogP contribution in [0.2, 0.25) is 0 Å². The summed E-state index contributed by atoms with van der Waals surface area (Å²) in [6.07, 6.45) is 6.02. The average molecular weight is 2050 g/mol. The van der Waals surface area contributed by atoms with Gasteiger partial charge in [-0.05, 0) is 241 Å². The molecule has 11 aliphatic rings. The van der Waals surface area contributed by atoms with Crippen LogP contribution in [0.4, 0.5) is 0 Å². The minimum absolute atomic E-state index is 0. The van der Waals surface area contributed by atoms with Crippen LogP contribution in [0.25, 0.3) is 70.2 Å². The van der Waals surface area contributed by atoms with E-state index in [-0.39, 0.29) is 97.6 Å². The fourth-order valence-corrected chi connectivity index (χ4v) is 30.9. The molecule has 14 aromatic carbocycles. The number of ketones is 3. The molecule has 0 aromatic heterocycles. The number of benzene rings is 14. The predicted molar refractivity (Wildman–Crippen MR) is 618 cm³/mol. The van der Waals surface area contributed by atoms with E-state index in [1.165, 1.54) is 120 Å². The number of thiocarbonyl (C=S) groups is 3. The van der Waals surface area contributed by atoms with Crippen molar-refractivity contribution in [3.8, 4) is 0 Å². The van der Waals surface area contributed by atoms with Crippen LogP contribution >= 0.6 is 131 Å². The molecule has 1 saturated heterocycles. The Morgan fingerprint density at radius 1 is 0.426 bits per heavy atom. The Bertz CT molecular complexity index is 7240. The monoisotopic (exact) mass is 2050 g/mol. The van der Waals surface area contributed by atoms with Gasteiger partial charge in [-0.3, -0.25) is 19.2 Å². The number of aliphatic hydroxyl groups is 1. The van der Waals surface area contributed by atoms with Gasteiger partial charge in [-0.25, -0.2) is 4.58 Å². The molecule has 0 amide bonds. The number of thioether (sulfide) groups is 8. The van der Waals surface area contributed by atoms with Crippen LogP contribution in [0.5, 0.6) is 0 Å². The van der Waals surface area contributed by atoms with Crippen molar-refractivity contribution in [2.45, 2.75) is 121 Å². The molecule has 6 bridgehead atoms. The summed E-state index contributed by atoms with van der Waals surface area (Å²) in [4.78, 5) is 66.7. The number of carbonyl (C=O) groups is 4. The Labute approximate surface area is 896 Å². The minimum Gasteiger partial charge on any atom is -0.384 e. The summed E-state index contributed by atoms with van der Waals surface area (Å²) in [6, 6.07) is 101. The molecule has 10 aliphatic carbocycles. The quantitative estimate of drug-likeness (QED) is 0.0279. The van der Waals surface area contributed by atoms with E-state index in [0.29, 0.717) is 22.2 Å². The second-order valence-electron chi connectivity index (χ2n) is 38.9. The van der Waals surface area contributed by atoms with E-state index in [1.807, 2.05) is 172 Å². The van der Waals surface area contributed by atoms with Crippen molar-refractivity contribution in [2.75, 3.05) is 56.4 Å². The van der Waals surface area contributed by atoms with Gasteiger partial charge in [0.25, 0.3) is 4.38 Å². The predicted octanol–water partition coefficient (Wildman–Crippen LogP) is 27.7. The number of allylic oxidation sites excluding steroid dienone is 6. The summed E-state index contributed by atoms with van der Waals surface area (Å²) in [6.45, 7) is 15.3. The second-order valence-corrected chi connectivity index (χ2v) is 50.0. The van der Waals surface area contributed by atoms with Crippen molar-refractivity contribution >= 4 is 250 Å². The Hall–Kier alpha value is -8.96. The van der Waals surface area contributed by atoms with E-state index in [4.69, 9.17) is 36.7 Å². The van der Waals surface area contributed by atoms with Crippen LogP contribution in [-0.2, 0) is 29.7 Å². The Morgan fingerprint density at radius 2 is 0.730 bits per heavy atom. The maximum absolute atomic E-state index is 13.9. The molecule has 1 aliphatic heterocycles. The fourth-order valence-electron chi connectivity index (χ4n) is 21.1. The molecule has 4 fully saturated rings. The third-order valence-electron chi connectivity index (χ3n) is 28.8. The molecular weight excluding hydrogens is 1940 g/mol. The first-order valence-corrected chi connectivity index (χ1v) is 54.6. The number of aliphatic hydroxyl groups excluding tert-OH is 1. The van der Waals surface area contributed by atoms with Gasteiger partial charge >= 0.3 is 18.9 Å². The molecule has 1 N–H and O–H groups in total. The molecule has 3 radical (unpaired) electrons. The van der Waals surface area contributed by atoms with Crippen molar-refractivity contribution in [1.82, 2.24) is 14.7 Å². The number of aldehydes is 1. The first-order chi connectivity index (χ1) is 66.4. The summed E-state index contributed by atoms with van der Waals surface area (Å²) in [7, 11) is 16.2. The Balaban J connectivity index is 0.000000145. The van der Waals surface area contributed by atoms with Gasteiger partial charge in [0.1, 0.15) is 43.5 Å². The van der Waals surface area contributed by atoms with Gasteiger partial charge in [0.05, 0.1) is 14.7 Å². The molecule has 14 aromatic rings. The summed E-state index contributed by atoms with van der Waals surface area (Å²) in [5.74, 6) is 1.65.